The van der Waals surface area contributed by atoms with E-state index in [-0.39, 0.29) is 23.8 Å². The first-order valence-electron chi connectivity index (χ1n) is 7.21. The Labute approximate surface area is 137 Å². The molecule has 0 fully saturated rings. The highest BCUT2D eigenvalue weighted by Crippen LogP contribution is 2.15. The molecule has 0 unspecified atom stereocenters. The first-order chi connectivity index (χ1) is 10.2. The number of amides is 1. The summed E-state index contributed by atoms with van der Waals surface area (Å²) in [6.45, 7) is 4.94. The molecule has 0 saturated heterocycles. The predicted octanol–water partition coefficient (Wildman–Crippen LogP) is 2.51. The van der Waals surface area contributed by atoms with E-state index in [1.807, 2.05) is 0 Å². The van der Waals surface area contributed by atoms with Gasteiger partial charge in [-0.15, -0.1) is 0 Å². The lowest BCUT2D eigenvalue weighted by atomic mass is 10.1. The third-order valence-electron chi connectivity index (χ3n) is 3.20. The van der Waals surface area contributed by atoms with Crippen molar-refractivity contribution in [2.75, 3.05) is 20.1 Å². The summed E-state index contributed by atoms with van der Waals surface area (Å²) >= 11 is 5.78. The smallest absolute Gasteiger partial charge is 0.240 e. The number of hydrogen-bond acceptors (Lipinski definition) is 3. The van der Waals surface area contributed by atoms with E-state index >= 15 is 0 Å². The van der Waals surface area contributed by atoms with Crippen LogP contribution < -0.4 is 4.72 Å². The van der Waals surface area contributed by atoms with Crippen molar-refractivity contribution in [3.05, 3.63) is 29.3 Å². The topological polar surface area (TPSA) is 66.5 Å². The molecule has 1 aromatic rings. The van der Waals surface area contributed by atoms with Crippen LogP contribution >= 0.6 is 11.6 Å². The van der Waals surface area contributed by atoms with Crippen molar-refractivity contribution in [2.24, 2.45) is 5.92 Å². The second-order valence-electron chi connectivity index (χ2n) is 5.60. The van der Waals surface area contributed by atoms with Gasteiger partial charge >= 0.3 is 0 Å². The van der Waals surface area contributed by atoms with Crippen molar-refractivity contribution in [3.63, 3.8) is 0 Å². The molecule has 124 valence electrons. The van der Waals surface area contributed by atoms with Crippen LogP contribution in [0.25, 0.3) is 0 Å². The lowest BCUT2D eigenvalue weighted by Crippen LogP contribution is -2.33. The molecule has 0 aromatic heterocycles. The van der Waals surface area contributed by atoms with E-state index in [9.17, 15) is 13.2 Å². The monoisotopic (exact) mass is 346 g/mol. The SMILES string of the molecule is CC(C)CCN(C)C(=O)CCNS(=O)(=O)c1cccc(Cl)c1. The van der Waals surface area contributed by atoms with Crippen LogP contribution in [-0.2, 0) is 14.8 Å². The molecule has 0 spiro atoms. The Hall–Kier alpha value is -1.11. The molecule has 1 aromatic carbocycles. The number of nitrogens with zero attached hydrogens (tertiary/aromatic N) is 1. The molecule has 0 heterocycles. The van der Waals surface area contributed by atoms with Gasteiger partial charge in [0, 0.05) is 31.6 Å². The van der Waals surface area contributed by atoms with Crippen LogP contribution in [0.1, 0.15) is 26.7 Å². The van der Waals surface area contributed by atoms with E-state index in [0.29, 0.717) is 17.5 Å². The molecule has 0 bridgehead atoms. The number of carbonyl (C=O) groups excluding carboxylic acids is 1. The first kappa shape index (κ1) is 18.9. The summed E-state index contributed by atoms with van der Waals surface area (Å²) in [5.74, 6) is 0.450. The zero-order chi connectivity index (χ0) is 16.8. The maximum atomic E-state index is 12.1. The molecule has 5 nitrogen and oxygen atoms in total. The number of benzene rings is 1. The highest BCUT2D eigenvalue weighted by molar-refractivity contribution is 7.89. The van der Waals surface area contributed by atoms with Crippen molar-refractivity contribution in [3.8, 4) is 0 Å². The van der Waals surface area contributed by atoms with Crippen molar-refractivity contribution >= 4 is 27.5 Å². The number of halogens is 1. The molecular weight excluding hydrogens is 324 g/mol. The fourth-order valence-electron chi connectivity index (χ4n) is 1.78. The van der Waals surface area contributed by atoms with Gasteiger partial charge in [-0.1, -0.05) is 31.5 Å². The normalized spacial score (nSPS) is 11.7. The fourth-order valence-corrected chi connectivity index (χ4v) is 3.11. The summed E-state index contributed by atoms with van der Waals surface area (Å²) in [6, 6.07) is 6.01. The van der Waals surface area contributed by atoms with Gasteiger partial charge < -0.3 is 4.90 Å². The molecule has 0 saturated carbocycles. The lowest BCUT2D eigenvalue weighted by Gasteiger charge is -2.18. The molecule has 1 amide bonds. The van der Waals surface area contributed by atoms with Crippen LogP contribution in [0.15, 0.2) is 29.2 Å². The van der Waals surface area contributed by atoms with E-state index in [1.54, 1.807) is 24.1 Å². The molecule has 1 rings (SSSR count). The van der Waals surface area contributed by atoms with Gasteiger partial charge in [-0.25, -0.2) is 13.1 Å². The average molecular weight is 347 g/mol. The Morgan fingerprint density at radius 1 is 1.36 bits per heavy atom. The number of hydrogen-bond donors (Lipinski definition) is 1. The Morgan fingerprint density at radius 3 is 2.64 bits per heavy atom. The van der Waals surface area contributed by atoms with Crippen molar-refractivity contribution in [2.45, 2.75) is 31.6 Å². The number of rotatable bonds is 8. The highest BCUT2D eigenvalue weighted by Gasteiger charge is 2.15. The van der Waals surface area contributed by atoms with Crippen LogP contribution in [0.2, 0.25) is 5.02 Å². The zero-order valence-corrected chi connectivity index (χ0v) is 14.7. The van der Waals surface area contributed by atoms with E-state index in [2.05, 4.69) is 18.6 Å². The maximum Gasteiger partial charge on any atom is 0.240 e. The van der Waals surface area contributed by atoms with Crippen LogP contribution in [-0.4, -0.2) is 39.4 Å². The van der Waals surface area contributed by atoms with Crippen LogP contribution in [0, 0.1) is 5.92 Å². The van der Waals surface area contributed by atoms with E-state index in [0.717, 1.165) is 6.42 Å². The zero-order valence-electron chi connectivity index (χ0n) is 13.2. The summed E-state index contributed by atoms with van der Waals surface area (Å²) in [7, 11) is -1.90. The minimum Gasteiger partial charge on any atom is -0.346 e. The van der Waals surface area contributed by atoms with E-state index < -0.39 is 10.0 Å². The molecule has 22 heavy (non-hydrogen) atoms. The predicted molar refractivity (Wildman–Crippen MR) is 88.3 cm³/mol. The Balaban J connectivity index is 2.47. The fraction of sp³-hybridized carbons (Fsp3) is 0.533. The Morgan fingerprint density at radius 2 is 2.05 bits per heavy atom. The Kier molecular flexibility index (Phi) is 7.32. The standard InChI is InChI=1S/C15H23ClN2O3S/c1-12(2)8-10-18(3)15(19)7-9-17-22(20,21)14-6-4-5-13(16)11-14/h4-6,11-12,17H,7-10H2,1-3H3. The molecule has 1 N–H and O–H groups in total. The van der Waals surface area contributed by atoms with Gasteiger partial charge in [0.2, 0.25) is 15.9 Å². The van der Waals surface area contributed by atoms with Crippen LogP contribution in [0.5, 0.6) is 0 Å². The molecule has 7 heteroatoms. The van der Waals surface area contributed by atoms with Gasteiger partial charge in [0.05, 0.1) is 4.90 Å². The van der Waals surface area contributed by atoms with Crippen LogP contribution in [0.4, 0.5) is 0 Å². The number of nitrogens with one attached hydrogen (secondary N) is 1. The second kappa shape index (κ2) is 8.50. The van der Waals surface area contributed by atoms with Crippen LogP contribution in [0.3, 0.4) is 0 Å². The van der Waals surface area contributed by atoms with Gasteiger partial charge in [-0.3, -0.25) is 4.79 Å². The number of sulfonamides is 1. The summed E-state index contributed by atoms with van der Waals surface area (Å²) < 4.78 is 26.5. The molecule has 0 aliphatic heterocycles. The quantitative estimate of drug-likeness (QED) is 0.786. The number of carbonyl (C=O) groups is 1. The minimum absolute atomic E-state index is 0.0691. The highest BCUT2D eigenvalue weighted by atomic mass is 35.5. The largest absolute Gasteiger partial charge is 0.346 e. The van der Waals surface area contributed by atoms with Crippen molar-refractivity contribution in [1.29, 1.82) is 0 Å². The van der Waals surface area contributed by atoms with Gasteiger partial charge in [0.15, 0.2) is 0 Å². The molecule has 0 atom stereocenters. The van der Waals surface area contributed by atoms with Crippen molar-refractivity contribution < 1.29 is 13.2 Å². The Bertz CT molecular complexity index is 603. The second-order valence-corrected chi connectivity index (χ2v) is 7.81. The lowest BCUT2D eigenvalue weighted by molar-refractivity contribution is -0.129. The molecule has 0 aliphatic rings. The van der Waals surface area contributed by atoms with Gasteiger partial charge in [0.1, 0.15) is 0 Å². The first-order valence-corrected chi connectivity index (χ1v) is 9.07. The van der Waals surface area contributed by atoms with Gasteiger partial charge in [-0.2, -0.15) is 0 Å². The third-order valence-corrected chi connectivity index (χ3v) is 4.90. The van der Waals surface area contributed by atoms with Crippen molar-refractivity contribution in [1.82, 2.24) is 9.62 Å². The summed E-state index contributed by atoms with van der Waals surface area (Å²) in [6.07, 6.45) is 1.06. The molecule has 0 aliphatic carbocycles. The molecular formula is C15H23ClN2O3S. The van der Waals surface area contributed by atoms with E-state index in [1.165, 1.54) is 12.1 Å². The third kappa shape index (κ3) is 6.34. The molecule has 0 radical (unpaired) electrons. The minimum atomic E-state index is -3.64. The maximum absolute atomic E-state index is 12.1. The average Bonchev–Trinajstić information content (AvgIpc) is 2.44. The summed E-state index contributed by atoms with van der Waals surface area (Å²) in [4.78, 5) is 13.6. The van der Waals surface area contributed by atoms with Gasteiger partial charge in [-0.05, 0) is 30.5 Å². The van der Waals surface area contributed by atoms with E-state index in [4.69, 9.17) is 11.6 Å². The summed E-state index contributed by atoms with van der Waals surface area (Å²) in [5, 5.41) is 0.354. The summed E-state index contributed by atoms with van der Waals surface area (Å²) in [5.41, 5.74) is 0. The van der Waals surface area contributed by atoms with Gasteiger partial charge in [0.25, 0.3) is 0 Å².